The fourth-order valence-electron chi connectivity index (χ4n) is 2.99. The summed E-state index contributed by atoms with van der Waals surface area (Å²) in [6.07, 6.45) is 1.36. The molecule has 0 fully saturated rings. The molecular formula is C20H17F2N3O3. The average Bonchev–Trinajstić information content (AvgIpc) is 2.65. The number of aromatic amines is 1. The van der Waals surface area contributed by atoms with Crippen molar-refractivity contribution in [1.29, 1.82) is 0 Å². The highest BCUT2D eigenvalue weighted by Crippen LogP contribution is 2.25. The molecule has 8 heteroatoms. The van der Waals surface area contributed by atoms with Gasteiger partial charge < -0.3 is 16.0 Å². The quantitative estimate of drug-likeness (QED) is 0.566. The number of carbonyl (C=O) groups excluding carboxylic acids is 2. The largest absolute Gasteiger partial charge is 0.369 e. The van der Waals surface area contributed by atoms with E-state index in [-0.39, 0.29) is 23.1 Å². The zero-order valence-electron chi connectivity index (χ0n) is 14.9. The Bertz CT molecular complexity index is 1120. The van der Waals surface area contributed by atoms with E-state index in [2.05, 4.69) is 10.3 Å². The zero-order valence-corrected chi connectivity index (χ0v) is 14.9. The van der Waals surface area contributed by atoms with Crippen LogP contribution in [0.15, 0.2) is 47.4 Å². The van der Waals surface area contributed by atoms with Crippen molar-refractivity contribution in [2.75, 3.05) is 6.54 Å². The molecule has 1 aromatic heterocycles. The molecule has 0 spiro atoms. The number of primary amides is 1. The van der Waals surface area contributed by atoms with E-state index in [0.717, 1.165) is 12.1 Å². The summed E-state index contributed by atoms with van der Waals surface area (Å²) in [5, 5.41) is 3.28. The molecule has 0 saturated carbocycles. The Kier molecular flexibility index (Phi) is 5.32. The fourth-order valence-corrected chi connectivity index (χ4v) is 2.99. The fraction of sp³-hybridized carbons (Fsp3) is 0.150. The van der Waals surface area contributed by atoms with Gasteiger partial charge in [-0.1, -0.05) is 12.1 Å². The smallest absolute Gasteiger partial charge is 0.255 e. The number of hydrogen-bond acceptors (Lipinski definition) is 4. The lowest BCUT2D eigenvalue weighted by Gasteiger charge is -2.15. The third kappa shape index (κ3) is 3.67. The number of nitrogens with one attached hydrogen (secondary N) is 2. The van der Waals surface area contributed by atoms with Gasteiger partial charge in [0.15, 0.2) is 5.78 Å². The van der Waals surface area contributed by atoms with Gasteiger partial charge >= 0.3 is 0 Å². The number of ketones is 1. The number of rotatable bonds is 6. The number of fused-ring (bicyclic) bond motifs is 1. The minimum Gasteiger partial charge on any atom is -0.369 e. The van der Waals surface area contributed by atoms with Crippen LogP contribution in [0.25, 0.3) is 10.8 Å². The van der Waals surface area contributed by atoms with E-state index in [1.807, 2.05) is 0 Å². The van der Waals surface area contributed by atoms with E-state index in [1.54, 1.807) is 6.92 Å². The monoisotopic (exact) mass is 385 g/mol. The maximum absolute atomic E-state index is 14.6. The summed E-state index contributed by atoms with van der Waals surface area (Å²) in [4.78, 5) is 38.1. The van der Waals surface area contributed by atoms with Gasteiger partial charge in [0.05, 0.1) is 12.1 Å². The summed E-state index contributed by atoms with van der Waals surface area (Å²) in [6, 6.07) is 7.42. The number of nitrogens with two attached hydrogens (primary N) is 1. The summed E-state index contributed by atoms with van der Waals surface area (Å²) in [5.41, 5.74) is 4.18. The molecule has 0 saturated heterocycles. The van der Waals surface area contributed by atoms with E-state index < -0.39 is 40.5 Å². The lowest BCUT2D eigenvalue weighted by Crippen LogP contribution is -2.30. The van der Waals surface area contributed by atoms with Crippen LogP contribution in [0.5, 0.6) is 0 Å². The molecule has 1 amide bonds. The summed E-state index contributed by atoms with van der Waals surface area (Å²) < 4.78 is 29.3. The predicted molar refractivity (Wildman–Crippen MR) is 100.0 cm³/mol. The van der Waals surface area contributed by atoms with Crippen molar-refractivity contribution in [2.24, 2.45) is 5.73 Å². The van der Waals surface area contributed by atoms with Crippen molar-refractivity contribution in [3.63, 3.8) is 0 Å². The van der Waals surface area contributed by atoms with Gasteiger partial charge in [-0.25, -0.2) is 8.78 Å². The molecule has 0 radical (unpaired) electrons. The van der Waals surface area contributed by atoms with E-state index >= 15 is 0 Å². The van der Waals surface area contributed by atoms with Crippen molar-refractivity contribution in [3.8, 4) is 0 Å². The van der Waals surface area contributed by atoms with Crippen LogP contribution in [0.4, 0.5) is 8.78 Å². The van der Waals surface area contributed by atoms with Crippen LogP contribution in [0.2, 0.25) is 0 Å². The Morgan fingerprint density at radius 3 is 2.46 bits per heavy atom. The lowest BCUT2D eigenvalue weighted by molar-refractivity contribution is -0.117. The number of hydrogen-bond donors (Lipinski definition) is 3. The standard InChI is InChI=1S/C20H17F2N3O3/c1-10(25-9-17(23)26)11-7-15(21)18(16(22)8-11)19(27)13-3-2-4-14-12(13)5-6-24-20(14)28/h2-8,10,25H,9H2,1H3,(H2,23,26)(H,24,28). The number of amides is 1. The van der Waals surface area contributed by atoms with Crippen LogP contribution < -0.4 is 16.6 Å². The molecule has 2 aromatic carbocycles. The van der Waals surface area contributed by atoms with Gasteiger partial charge in [0.1, 0.15) is 11.6 Å². The van der Waals surface area contributed by atoms with Crippen molar-refractivity contribution in [3.05, 3.63) is 81.3 Å². The third-order valence-corrected chi connectivity index (χ3v) is 4.43. The van der Waals surface area contributed by atoms with Gasteiger partial charge in [-0.15, -0.1) is 0 Å². The van der Waals surface area contributed by atoms with Gasteiger partial charge in [-0.3, -0.25) is 14.4 Å². The van der Waals surface area contributed by atoms with Crippen LogP contribution in [-0.2, 0) is 4.79 Å². The molecular weight excluding hydrogens is 368 g/mol. The summed E-state index contributed by atoms with van der Waals surface area (Å²) in [7, 11) is 0. The van der Waals surface area contributed by atoms with Crippen molar-refractivity contribution < 1.29 is 18.4 Å². The van der Waals surface area contributed by atoms with Crippen molar-refractivity contribution in [1.82, 2.24) is 10.3 Å². The second-order valence-corrected chi connectivity index (χ2v) is 6.33. The van der Waals surface area contributed by atoms with Crippen LogP contribution >= 0.6 is 0 Å². The highest BCUT2D eigenvalue weighted by molar-refractivity contribution is 6.16. The molecule has 3 rings (SSSR count). The Balaban J connectivity index is 2.03. The van der Waals surface area contributed by atoms with Crippen LogP contribution in [0, 0.1) is 11.6 Å². The summed E-state index contributed by atoms with van der Waals surface area (Å²) >= 11 is 0. The molecule has 1 heterocycles. The van der Waals surface area contributed by atoms with E-state index in [4.69, 9.17) is 5.73 Å². The summed E-state index contributed by atoms with van der Waals surface area (Å²) in [6.45, 7) is 1.45. The highest BCUT2D eigenvalue weighted by Gasteiger charge is 2.23. The molecule has 0 aliphatic rings. The molecule has 0 aliphatic carbocycles. The third-order valence-electron chi connectivity index (χ3n) is 4.43. The van der Waals surface area contributed by atoms with Gasteiger partial charge in [-0.05, 0) is 42.1 Å². The molecule has 0 aliphatic heterocycles. The van der Waals surface area contributed by atoms with Gasteiger partial charge in [0, 0.05) is 23.2 Å². The number of carbonyl (C=O) groups is 2. The maximum Gasteiger partial charge on any atom is 0.255 e. The number of H-pyrrole nitrogens is 1. The summed E-state index contributed by atoms with van der Waals surface area (Å²) in [5.74, 6) is -3.54. The Morgan fingerprint density at radius 1 is 1.14 bits per heavy atom. The van der Waals surface area contributed by atoms with Crippen molar-refractivity contribution in [2.45, 2.75) is 13.0 Å². The molecule has 3 aromatic rings. The topological polar surface area (TPSA) is 105 Å². The molecule has 144 valence electrons. The molecule has 1 unspecified atom stereocenters. The van der Waals surface area contributed by atoms with Crippen LogP contribution in [-0.4, -0.2) is 23.2 Å². The number of benzene rings is 2. The second kappa shape index (κ2) is 7.69. The Labute approximate surface area is 158 Å². The average molecular weight is 385 g/mol. The SMILES string of the molecule is CC(NCC(N)=O)c1cc(F)c(C(=O)c2cccc3c(=O)[nH]ccc23)c(F)c1. The van der Waals surface area contributed by atoms with Crippen LogP contribution in [0.1, 0.15) is 34.5 Å². The van der Waals surface area contributed by atoms with Gasteiger partial charge in [-0.2, -0.15) is 0 Å². The van der Waals surface area contributed by atoms with E-state index in [0.29, 0.717) is 5.39 Å². The predicted octanol–water partition coefficient (Wildman–Crippen LogP) is 2.17. The van der Waals surface area contributed by atoms with Gasteiger partial charge in [0.2, 0.25) is 5.91 Å². The molecule has 0 bridgehead atoms. The number of pyridine rings is 1. The molecule has 1 atom stereocenters. The normalized spacial score (nSPS) is 12.1. The number of halogens is 2. The first kappa shape index (κ1) is 19.4. The molecule has 28 heavy (non-hydrogen) atoms. The molecule has 6 nitrogen and oxygen atoms in total. The van der Waals surface area contributed by atoms with Crippen LogP contribution in [0.3, 0.4) is 0 Å². The molecule has 4 N–H and O–H groups in total. The first-order valence-corrected chi connectivity index (χ1v) is 8.45. The van der Waals surface area contributed by atoms with Gasteiger partial charge in [0.25, 0.3) is 5.56 Å². The number of aromatic nitrogens is 1. The first-order chi connectivity index (χ1) is 13.3. The minimum atomic E-state index is -1.03. The van der Waals surface area contributed by atoms with E-state index in [1.165, 1.54) is 30.5 Å². The minimum absolute atomic E-state index is 0.0223. The van der Waals surface area contributed by atoms with Crippen molar-refractivity contribution >= 4 is 22.5 Å². The Morgan fingerprint density at radius 2 is 1.82 bits per heavy atom. The zero-order chi connectivity index (χ0) is 20.4. The second-order valence-electron chi connectivity index (χ2n) is 6.33. The highest BCUT2D eigenvalue weighted by atomic mass is 19.1. The Hall–Kier alpha value is -3.39. The lowest BCUT2D eigenvalue weighted by atomic mass is 9.95. The maximum atomic E-state index is 14.6. The van der Waals surface area contributed by atoms with E-state index in [9.17, 15) is 23.2 Å². The first-order valence-electron chi connectivity index (χ1n) is 8.45.